The molecule has 0 bridgehead atoms. The average molecular weight is 409 g/mol. The Morgan fingerprint density at radius 3 is 2.70 bits per heavy atom. The van der Waals surface area contributed by atoms with Gasteiger partial charge < -0.3 is 10.2 Å². The third kappa shape index (κ3) is 4.87. The molecule has 1 amide bonds. The first kappa shape index (κ1) is 20.5. The van der Waals surface area contributed by atoms with Crippen LogP contribution in [0.5, 0.6) is 0 Å². The molecule has 0 radical (unpaired) electrons. The van der Waals surface area contributed by atoms with Crippen molar-refractivity contribution in [3.8, 4) is 0 Å². The number of hydrogen-bond acceptors (Lipinski definition) is 3. The summed E-state index contributed by atoms with van der Waals surface area (Å²) in [6.45, 7) is 2.03. The fourth-order valence-corrected chi connectivity index (χ4v) is 4.25. The summed E-state index contributed by atoms with van der Waals surface area (Å²) < 4.78 is 15.0. The number of amides is 1. The highest BCUT2D eigenvalue weighted by atomic mass is 19.1. The average Bonchev–Trinajstić information content (AvgIpc) is 3.17. The first-order chi connectivity index (χ1) is 14.6. The molecule has 1 saturated carbocycles. The highest BCUT2D eigenvalue weighted by molar-refractivity contribution is 5.97. The number of likely N-dealkylation sites (N-methyl/N-ethyl adjacent to an activating group) is 1. The topological polar surface area (TPSA) is 50.2 Å². The molecule has 1 aliphatic carbocycles. The lowest BCUT2D eigenvalue weighted by molar-refractivity contribution is 0.0944. The largest absolute Gasteiger partial charge is 0.351 e. The lowest BCUT2D eigenvalue weighted by Gasteiger charge is -2.31. The number of benzene rings is 2. The molecule has 1 aliphatic rings. The van der Waals surface area contributed by atoms with E-state index in [0.29, 0.717) is 24.7 Å². The van der Waals surface area contributed by atoms with Crippen molar-refractivity contribution >= 4 is 16.8 Å². The maximum absolute atomic E-state index is 13.1. The predicted molar refractivity (Wildman–Crippen MR) is 117 cm³/mol. The molecule has 1 N–H and O–H groups in total. The van der Waals surface area contributed by atoms with Crippen LogP contribution in [0.3, 0.4) is 0 Å². The van der Waals surface area contributed by atoms with Gasteiger partial charge in [0.2, 0.25) is 0 Å². The van der Waals surface area contributed by atoms with E-state index in [2.05, 4.69) is 22.4 Å². The van der Waals surface area contributed by atoms with Gasteiger partial charge in [0, 0.05) is 30.1 Å². The third-order valence-electron chi connectivity index (χ3n) is 6.10. The van der Waals surface area contributed by atoms with Crippen LogP contribution in [-0.4, -0.2) is 46.8 Å². The van der Waals surface area contributed by atoms with Gasteiger partial charge in [-0.15, -0.1) is 0 Å². The van der Waals surface area contributed by atoms with E-state index in [1.165, 1.54) is 44.2 Å². The van der Waals surface area contributed by atoms with Crippen molar-refractivity contribution in [2.45, 2.75) is 44.7 Å². The Balaban J connectivity index is 1.38. The maximum atomic E-state index is 13.1. The van der Waals surface area contributed by atoms with Crippen LogP contribution in [0.15, 0.2) is 48.7 Å². The summed E-state index contributed by atoms with van der Waals surface area (Å²) in [5.74, 6) is -0.319. The standard InChI is InChI=1S/C24H29FN4O/c1-28(22-5-3-2-4-6-22)14-13-26-24(30)19-9-10-20-16-27-29(23(20)15-19)17-18-7-11-21(25)12-8-18/h7-12,15-16,22H,2-6,13-14,17H2,1H3,(H,26,30). The Bertz CT molecular complexity index is 992. The van der Waals surface area contributed by atoms with Gasteiger partial charge in [0.15, 0.2) is 0 Å². The van der Waals surface area contributed by atoms with E-state index < -0.39 is 0 Å². The number of nitrogens with one attached hydrogen (secondary N) is 1. The first-order valence-corrected chi connectivity index (χ1v) is 10.8. The van der Waals surface area contributed by atoms with Gasteiger partial charge in [-0.05, 0) is 49.7 Å². The molecule has 1 heterocycles. The number of carbonyl (C=O) groups is 1. The van der Waals surface area contributed by atoms with Crippen molar-refractivity contribution < 1.29 is 9.18 Å². The molecular weight excluding hydrogens is 379 g/mol. The second kappa shape index (κ2) is 9.39. The highest BCUT2D eigenvalue weighted by Gasteiger charge is 2.18. The van der Waals surface area contributed by atoms with Crippen molar-refractivity contribution in [3.63, 3.8) is 0 Å². The number of hydrogen-bond donors (Lipinski definition) is 1. The zero-order chi connectivity index (χ0) is 20.9. The number of rotatable bonds is 7. The molecule has 1 aromatic heterocycles. The van der Waals surface area contributed by atoms with Gasteiger partial charge in [0.25, 0.3) is 5.91 Å². The highest BCUT2D eigenvalue weighted by Crippen LogP contribution is 2.21. The molecular formula is C24H29FN4O. The summed E-state index contributed by atoms with van der Waals surface area (Å²) >= 11 is 0. The molecule has 3 aromatic rings. The minimum atomic E-state index is -0.253. The summed E-state index contributed by atoms with van der Waals surface area (Å²) in [6, 6.07) is 12.7. The Labute approximate surface area is 176 Å². The fourth-order valence-electron chi connectivity index (χ4n) is 4.25. The molecule has 2 aromatic carbocycles. The van der Waals surface area contributed by atoms with Crippen molar-refractivity contribution in [1.29, 1.82) is 0 Å². The van der Waals surface area contributed by atoms with E-state index in [4.69, 9.17) is 0 Å². The summed E-state index contributed by atoms with van der Waals surface area (Å²) in [7, 11) is 2.15. The lowest BCUT2D eigenvalue weighted by atomic mass is 9.94. The van der Waals surface area contributed by atoms with Crippen LogP contribution in [0, 0.1) is 5.82 Å². The van der Waals surface area contributed by atoms with Crippen molar-refractivity contribution in [2.75, 3.05) is 20.1 Å². The maximum Gasteiger partial charge on any atom is 0.251 e. The molecule has 0 unspecified atom stereocenters. The predicted octanol–water partition coefficient (Wildman–Crippen LogP) is 4.22. The number of carbonyl (C=O) groups excluding carboxylic acids is 1. The second-order valence-electron chi connectivity index (χ2n) is 8.23. The zero-order valence-electron chi connectivity index (χ0n) is 17.5. The fraction of sp³-hybridized carbons (Fsp3) is 0.417. The van der Waals surface area contributed by atoms with Crippen LogP contribution in [-0.2, 0) is 6.54 Å². The number of fused-ring (bicyclic) bond motifs is 1. The normalized spacial score (nSPS) is 15.0. The van der Waals surface area contributed by atoms with E-state index in [9.17, 15) is 9.18 Å². The van der Waals surface area contributed by atoms with Crippen LogP contribution in [0.4, 0.5) is 4.39 Å². The Morgan fingerprint density at radius 1 is 1.17 bits per heavy atom. The zero-order valence-corrected chi connectivity index (χ0v) is 17.5. The minimum absolute atomic E-state index is 0.0662. The van der Waals surface area contributed by atoms with E-state index in [1.807, 2.05) is 22.9 Å². The van der Waals surface area contributed by atoms with Crippen molar-refractivity contribution in [2.24, 2.45) is 0 Å². The summed E-state index contributed by atoms with van der Waals surface area (Å²) in [5.41, 5.74) is 2.48. The molecule has 4 rings (SSSR count). The molecule has 5 nitrogen and oxygen atoms in total. The molecule has 1 fully saturated rings. The number of aromatic nitrogens is 2. The van der Waals surface area contributed by atoms with Crippen LogP contribution in [0.2, 0.25) is 0 Å². The van der Waals surface area contributed by atoms with Gasteiger partial charge in [-0.3, -0.25) is 9.48 Å². The van der Waals surface area contributed by atoms with Crippen LogP contribution in [0.1, 0.15) is 48.0 Å². The Hall–Kier alpha value is -2.73. The third-order valence-corrected chi connectivity index (χ3v) is 6.10. The first-order valence-electron chi connectivity index (χ1n) is 10.8. The van der Waals surface area contributed by atoms with Gasteiger partial charge in [-0.1, -0.05) is 37.5 Å². The molecule has 0 saturated heterocycles. The van der Waals surface area contributed by atoms with Gasteiger partial charge in [0.1, 0.15) is 5.82 Å². The van der Waals surface area contributed by atoms with Crippen LogP contribution < -0.4 is 5.32 Å². The van der Waals surface area contributed by atoms with E-state index >= 15 is 0 Å². The Morgan fingerprint density at radius 2 is 1.93 bits per heavy atom. The van der Waals surface area contributed by atoms with E-state index in [1.54, 1.807) is 18.3 Å². The van der Waals surface area contributed by atoms with Gasteiger partial charge in [-0.2, -0.15) is 5.10 Å². The molecule has 0 atom stereocenters. The van der Waals surface area contributed by atoms with Crippen molar-refractivity contribution in [3.05, 3.63) is 65.6 Å². The van der Waals surface area contributed by atoms with E-state index in [0.717, 1.165) is 23.0 Å². The Kier molecular flexibility index (Phi) is 6.43. The van der Waals surface area contributed by atoms with Crippen molar-refractivity contribution in [1.82, 2.24) is 20.0 Å². The molecule has 0 aliphatic heterocycles. The summed E-state index contributed by atoms with van der Waals surface area (Å²) in [6.07, 6.45) is 8.29. The van der Waals surface area contributed by atoms with Gasteiger partial charge in [0.05, 0.1) is 18.3 Å². The monoisotopic (exact) mass is 408 g/mol. The van der Waals surface area contributed by atoms with Crippen LogP contribution >= 0.6 is 0 Å². The molecule has 6 heteroatoms. The van der Waals surface area contributed by atoms with Gasteiger partial charge in [-0.25, -0.2) is 4.39 Å². The lowest BCUT2D eigenvalue weighted by Crippen LogP contribution is -2.39. The molecule has 158 valence electrons. The van der Waals surface area contributed by atoms with Gasteiger partial charge >= 0.3 is 0 Å². The second-order valence-corrected chi connectivity index (χ2v) is 8.23. The molecule has 0 spiro atoms. The summed E-state index contributed by atoms with van der Waals surface area (Å²) in [4.78, 5) is 15.0. The smallest absolute Gasteiger partial charge is 0.251 e. The molecule has 30 heavy (non-hydrogen) atoms. The quantitative estimate of drug-likeness (QED) is 0.637. The minimum Gasteiger partial charge on any atom is -0.351 e. The van der Waals surface area contributed by atoms with Crippen LogP contribution in [0.25, 0.3) is 10.9 Å². The SMILES string of the molecule is CN(CCNC(=O)c1ccc2cnn(Cc3ccc(F)cc3)c2c1)C1CCCCC1. The number of nitrogens with zero attached hydrogens (tertiary/aromatic N) is 3. The summed E-state index contributed by atoms with van der Waals surface area (Å²) in [5, 5.41) is 8.46. The number of halogens is 1. The van der Waals surface area contributed by atoms with E-state index in [-0.39, 0.29) is 11.7 Å².